The molecule has 1 aromatic carbocycles. The van der Waals surface area contributed by atoms with Gasteiger partial charge in [-0.15, -0.1) is 0 Å². The molecule has 1 saturated heterocycles. The van der Waals surface area contributed by atoms with Crippen LogP contribution in [0.5, 0.6) is 0 Å². The van der Waals surface area contributed by atoms with Gasteiger partial charge in [0.25, 0.3) is 0 Å². The summed E-state index contributed by atoms with van der Waals surface area (Å²) in [6, 6.07) is 8.74. The number of rotatable bonds is 4. The number of hydrogen-bond acceptors (Lipinski definition) is 2. The highest BCUT2D eigenvalue weighted by atomic mass is 16.3. The molecule has 1 fully saturated rings. The van der Waals surface area contributed by atoms with Crippen molar-refractivity contribution in [3.63, 3.8) is 0 Å². The van der Waals surface area contributed by atoms with Gasteiger partial charge < -0.3 is 5.11 Å². The quantitative estimate of drug-likeness (QED) is 0.863. The topological polar surface area (TPSA) is 23.5 Å². The molecule has 0 amide bonds. The Kier molecular flexibility index (Phi) is 4.57. The number of aliphatic hydroxyl groups is 1. The van der Waals surface area contributed by atoms with Crippen molar-refractivity contribution in [1.29, 1.82) is 0 Å². The summed E-state index contributed by atoms with van der Waals surface area (Å²) in [6.45, 7) is 5.91. The standard InChI is InChI=1S/C15H23NO/c1-2-14-5-3-4-6-15(14)11-16-9-7-13(12-17)8-10-16/h3-6,13,17H,2,7-12H2,1H3. The van der Waals surface area contributed by atoms with Crippen LogP contribution in [0.4, 0.5) is 0 Å². The van der Waals surface area contributed by atoms with Crippen molar-refractivity contribution in [1.82, 2.24) is 4.90 Å². The molecule has 1 heterocycles. The summed E-state index contributed by atoms with van der Waals surface area (Å²) in [7, 11) is 0. The molecule has 0 unspecified atom stereocenters. The monoisotopic (exact) mass is 233 g/mol. The maximum atomic E-state index is 9.13. The predicted octanol–water partition coefficient (Wildman–Crippen LogP) is 2.45. The molecular formula is C15H23NO. The lowest BCUT2D eigenvalue weighted by atomic mass is 9.97. The summed E-state index contributed by atoms with van der Waals surface area (Å²) in [5.41, 5.74) is 2.94. The number of piperidine rings is 1. The first-order valence-electron chi connectivity index (χ1n) is 6.73. The summed E-state index contributed by atoms with van der Waals surface area (Å²) >= 11 is 0. The number of hydrogen-bond donors (Lipinski definition) is 1. The molecule has 2 rings (SSSR count). The lowest BCUT2D eigenvalue weighted by molar-refractivity contribution is 0.127. The Morgan fingerprint density at radius 2 is 1.82 bits per heavy atom. The van der Waals surface area contributed by atoms with E-state index in [0.717, 1.165) is 38.9 Å². The molecule has 1 N–H and O–H groups in total. The van der Waals surface area contributed by atoms with E-state index in [1.54, 1.807) is 0 Å². The van der Waals surface area contributed by atoms with E-state index >= 15 is 0 Å². The molecular weight excluding hydrogens is 210 g/mol. The fraction of sp³-hybridized carbons (Fsp3) is 0.600. The molecule has 2 nitrogen and oxygen atoms in total. The van der Waals surface area contributed by atoms with Crippen molar-refractivity contribution in [2.75, 3.05) is 19.7 Å². The molecule has 1 aliphatic heterocycles. The average molecular weight is 233 g/mol. The van der Waals surface area contributed by atoms with Crippen LogP contribution in [0.2, 0.25) is 0 Å². The van der Waals surface area contributed by atoms with E-state index < -0.39 is 0 Å². The Morgan fingerprint density at radius 3 is 2.41 bits per heavy atom. The van der Waals surface area contributed by atoms with E-state index in [4.69, 9.17) is 5.11 Å². The molecule has 0 aliphatic carbocycles. The summed E-state index contributed by atoms with van der Waals surface area (Å²) in [6.07, 6.45) is 3.40. The van der Waals surface area contributed by atoms with Crippen LogP contribution < -0.4 is 0 Å². The molecule has 0 aromatic heterocycles. The lowest BCUT2D eigenvalue weighted by Crippen LogP contribution is -2.34. The lowest BCUT2D eigenvalue weighted by Gasteiger charge is -2.31. The maximum Gasteiger partial charge on any atom is 0.0460 e. The normalized spacial score (nSPS) is 18.5. The van der Waals surface area contributed by atoms with Gasteiger partial charge in [0.05, 0.1) is 0 Å². The zero-order valence-corrected chi connectivity index (χ0v) is 10.7. The Labute approximate surface area is 104 Å². The molecule has 1 aromatic rings. The zero-order valence-electron chi connectivity index (χ0n) is 10.7. The van der Waals surface area contributed by atoms with Gasteiger partial charge in [-0.05, 0) is 49.4 Å². The molecule has 2 heteroatoms. The van der Waals surface area contributed by atoms with Crippen LogP contribution >= 0.6 is 0 Å². The van der Waals surface area contributed by atoms with Gasteiger partial charge in [0, 0.05) is 13.2 Å². The molecule has 0 bridgehead atoms. The molecule has 0 saturated carbocycles. The van der Waals surface area contributed by atoms with Gasteiger partial charge in [-0.25, -0.2) is 0 Å². The molecule has 17 heavy (non-hydrogen) atoms. The summed E-state index contributed by atoms with van der Waals surface area (Å²) in [5.74, 6) is 0.535. The van der Waals surface area contributed by atoms with E-state index in [-0.39, 0.29) is 0 Å². The molecule has 1 aliphatic rings. The van der Waals surface area contributed by atoms with Gasteiger partial charge in [0.15, 0.2) is 0 Å². The number of aryl methyl sites for hydroxylation is 1. The fourth-order valence-corrected chi connectivity index (χ4v) is 2.62. The van der Waals surface area contributed by atoms with Crippen LogP contribution in [0, 0.1) is 5.92 Å². The van der Waals surface area contributed by atoms with Crippen molar-refractivity contribution in [3.05, 3.63) is 35.4 Å². The summed E-state index contributed by atoms with van der Waals surface area (Å²) < 4.78 is 0. The van der Waals surface area contributed by atoms with Crippen molar-refractivity contribution in [3.8, 4) is 0 Å². The molecule has 0 radical (unpaired) electrons. The highest BCUT2D eigenvalue weighted by Crippen LogP contribution is 2.19. The van der Waals surface area contributed by atoms with Gasteiger partial charge in [-0.1, -0.05) is 31.2 Å². The van der Waals surface area contributed by atoms with Crippen LogP contribution in [0.15, 0.2) is 24.3 Å². The van der Waals surface area contributed by atoms with Crippen molar-refractivity contribution >= 4 is 0 Å². The second-order valence-corrected chi connectivity index (χ2v) is 5.02. The SMILES string of the molecule is CCc1ccccc1CN1CCC(CO)CC1. The average Bonchev–Trinajstić information content (AvgIpc) is 2.40. The largest absolute Gasteiger partial charge is 0.396 e. The highest BCUT2D eigenvalue weighted by molar-refractivity contribution is 5.26. The Hall–Kier alpha value is -0.860. The van der Waals surface area contributed by atoms with E-state index in [0.29, 0.717) is 12.5 Å². The first kappa shape index (κ1) is 12.6. The van der Waals surface area contributed by atoms with Gasteiger partial charge in [0.2, 0.25) is 0 Å². The van der Waals surface area contributed by atoms with Crippen molar-refractivity contribution in [2.45, 2.75) is 32.7 Å². The van der Waals surface area contributed by atoms with E-state index in [1.165, 1.54) is 11.1 Å². The second kappa shape index (κ2) is 6.18. The van der Waals surface area contributed by atoms with Gasteiger partial charge in [0.1, 0.15) is 0 Å². The first-order chi connectivity index (χ1) is 8.33. The number of nitrogens with zero attached hydrogens (tertiary/aromatic N) is 1. The highest BCUT2D eigenvalue weighted by Gasteiger charge is 2.18. The van der Waals surface area contributed by atoms with Crippen LogP contribution in [0.1, 0.15) is 30.9 Å². The third-order valence-corrected chi connectivity index (χ3v) is 3.86. The molecule has 0 atom stereocenters. The second-order valence-electron chi connectivity index (χ2n) is 5.02. The third kappa shape index (κ3) is 3.30. The minimum Gasteiger partial charge on any atom is -0.396 e. The zero-order chi connectivity index (χ0) is 12.1. The van der Waals surface area contributed by atoms with Crippen LogP contribution in [-0.4, -0.2) is 29.7 Å². The number of benzene rings is 1. The van der Waals surface area contributed by atoms with Gasteiger partial charge in [-0.3, -0.25) is 4.90 Å². The fourth-order valence-electron chi connectivity index (χ4n) is 2.62. The first-order valence-corrected chi connectivity index (χ1v) is 6.73. The summed E-state index contributed by atoms with van der Waals surface area (Å²) in [5, 5.41) is 9.13. The maximum absolute atomic E-state index is 9.13. The van der Waals surface area contributed by atoms with Crippen molar-refractivity contribution in [2.24, 2.45) is 5.92 Å². The Balaban J connectivity index is 1.93. The minimum absolute atomic E-state index is 0.361. The third-order valence-electron chi connectivity index (χ3n) is 3.86. The minimum atomic E-state index is 0.361. The van der Waals surface area contributed by atoms with Gasteiger partial charge >= 0.3 is 0 Å². The van der Waals surface area contributed by atoms with E-state index in [2.05, 4.69) is 36.1 Å². The smallest absolute Gasteiger partial charge is 0.0460 e. The number of likely N-dealkylation sites (tertiary alicyclic amines) is 1. The predicted molar refractivity (Wildman–Crippen MR) is 70.9 cm³/mol. The van der Waals surface area contributed by atoms with E-state index in [9.17, 15) is 0 Å². The van der Waals surface area contributed by atoms with E-state index in [1.807, 2.05) is 0 Å². The Morgan fingerprint density at radius 1 is 1.18 bits per heavy atom. The molecule has 0 spiro atoms. The van der Waals surface area contributed by atoms with Crippen molar-refractivity contribution < 1.29 is 5.11 Å². The number of aliphatic hydroxyl groups excluding tert-OH is 1. The summed E-state index contributed by atoms with van der Waals surface area (Å²) in [4.78, 5) is 2.51. The van der Waals surface area contributed by atoms with Crippen LogP contribution in [0.25, 0.3) is 0 Å². The van der Waals surface area contributed by atoms with Crippen LogP contribution in [-0.2, 0) is 13.0 Å². The van der Waals surface area contributed by atoms with Crippen LogP contribution in [0.3, 0.4) is 0 Å². The Bertz CT molecular complexity index is 343. The molecule has 94 valence electrons. The van der Waals surface area contributed by atoms with Gasteiger partial charge in [-0.2, -0.15) is 0 Å².